The van der Waals surface area contributed by atoms with Gasteiger partial charge in [-0.15, -0.1) is 11.8 Å². The van der Waals surface area contributed by atoms with E-state index >= 15 is 0 Å². The molecule has 2 N–H and O–H groups in total. The van der Waals surface area contributed by atoms with Crippen molar-refractivity contribution in [3.63, 3.8) is 0 Å². The van der Waals surface area contributed by atoms with Crippen LogP contribution in [-0.2, 0) is 5.75 Å². The highest BCUT2D eigenvalue weighted by molar-refractivity contribution is 7.98. The maximum Gasteiger partial charge on any atom is 0.237 e. The fourth-order valence-electron chi connectivity index (χ4n) is 1.60. The molecule has 0 saturated carbocycles. The Labute approximate surface area is 129 Å². The number of hydrogen-bond donors (Lipinski definition) is 1. The first kappa shape index (κ1) is 13.5. The maximum atomic E-state index is 6.12. The van der Waals surface area contributed by atoms with Crippen LogP contribution in [0, 0.1) is 0 Å². The van der Waals surface area contributed by atoms with Crippen molar-refractivity contribution in [1.29, 1.82) is 0 Å². The van der Waals surface area contributed by atoms with E-state index in [1.165, 1.54) is 11.8 Å². The number of nitrogens with two attached hydrogens (primary N) is 1. The molecular weight excluding hydrogens is 314 g/mol. The average Bonchev–Trinajstić information content (AvgIpc) is 3.08. The first-order valence-electron chi connectivity index (χ1n) is 5.75. The molecule has 0 unspecified atom stereocenters. The van der Waals surface area contributed by atoms with Gasteiger partial charge in [0, 0.05) is 21.5 Å². The van der Waals surface area contributed by atoms with E-state index in [0.29, 0.717) is 28.2 Å². The molecule has 3 aromatic rings. The summed E-state index contributed by atoms with van der Waals surface area (Å²) in [5, 5.41) is 8.56. The molecule has 0 aliphatic rings. The van der Waals surface area contributed by atoms with Gasteiger partial charge in [-0.2, -0.15) is 16.3 Å². The van der Waals surface area contributed by atoms with Crippen LogP contribution in [0.2, 0.25) is 5.02 Å². The Balaban J connectivity index is 1.70. The number of anilines is 1. The van der Waals surface area contributed by atoms with Crippen molar-refractivity contribution < 1.29 is 4.52 Å². The number of rotatable bonds is 4. The molecule has 7 heteroatoms. The molecule has 3 rings (SSSR count). The van der Waals surface area contributed by atoms with Crippen LogP contribution in [-0.4, -0.2) is 10.1 Å². The minimum absolute atomic E-state index is 0.570. The zero-order valence-electron chi connectivity index (χ0n) is 10.2. The number of benzene rings is 1. The van der Waals surface area contributed by atoms with Crippen molar-refractivity contribution in [1.82, 2.24) is 10.1 Å². The van der Waals surface area contributed by atoms with Crippen molar-refractivity contribution in [3.8, 4) is 11.4 Å². The number of aromatic nitrogens is 2. The lowest BCUT2D eigenvalue weighted by molar-refractivity contribution is 0.391. The van der Waals surface area contributed by atoms with Gasteiger partial charge in [0.05, 0.1) is 10.8 Å². The second-order valence-corrected chi connectivity index (χ2v) is 6.21. The van der Waals surface area contributed by atoms with Gasteiger partial charge in [-0.1, -0.05) is 16.8 Å². The molecule has 4 nitrogen and oxygen atoms in total. The third-order valence-corrected chi connectivity index (χ3v) is 4.72. The molecule has 0 aliphatic carbocycles. The molecule has 0 aliphatic heterocycles. The van der Waals surface area contributed by atoms with Crippen LogP contribution in [0.5, 0.6) is 0 Å². The molecule has 0 amide bonds. The summed E-state index contributed by atoms with van der Waals surface area (Å²) in [6.07, 6.45) is 0. The summed E-state index contributed by atoms with van der Waals surface area (Å²) in [6.45, 7) is 0. The summed E-state index contributed by atoms with van der Waals surface area (Å²) >= 11 is 9.26. The Hall–Kier alpha value is -1.50. The van der Waals surface area contributed by atoms with E-state index in [0.717, 1.165) is 10.5 Å². The molecule has 0 atom stereocenters. The van der Waals surface area contributed by atoms with Gasteiger partial charge in [0.1, 0.15) is 0 Å². The molecule has 0 saturated heterocycles. The third kappa shape index (κ3) is 2.98. The Morgan fingerprint density at radius 1 is 1.35 bits per heavy atom. The van der Waals surface area contributed by atoms with Crippen molar-refractivity contribution in [2.75, 3.05) is 5.73 Å². The topological polar surface area (TPSA) is 64.9 Å². The fourth-order valence-corrected chi connectivity index (χ4v) is 3.34. The zero-order valence-corrected chi connectivity index (χ0v) is 12.6. The van der Waals surface area contributed by atoms with Gasteiger partial charge in [0.25, 0.3) is 0 Å². The number of halogens is 1. The number of thiophene rings is 1. The van der Waals surface area contributed by atoms with E-state index in [4.69, 9.17) is 21.9 Å². The monoisotopic (exact) mass is 323 g/mol. The van der Waals surface area contributed by atoms with Crippen molar-refractivity contribution in [2.45, 2.75) is 10.6 Å². The summed E-state index contributed by atoms with van der Waals surface area (Å²) in [6, 6.07) is 7.40. The molecule has 2 aromatic heterocycles. The average molecular weight is 324 g/mol. The maximum absolute atomic E-state index is 6.12. The molecule has 102 valence electrons. The van der Waals surface area contributed by atoms with Gasteiger partial charge >= 0.3 is 0 Å². The number of nitrogens with zero attached hydrogens (tertiary/aromatic N) is 2. The van der Waals surface area contributed by atoms with E-state index in [-0.39, 0.29) is 0 Å². The van der Waals surface area contributed by atoms with Gasteiger partial charge in [-0.05, 0) is 29.6 Å². The lowest BCUT2D eigenvalue weighted by Gasteiger charge is -2.02. The zero-order chi connectivity index (χ0) is 13.9. The van der Waals surface area contributed by atoms with Crippen LogP contribution in [0.25, 0.3) is 11.4 Å². The smallest absolute Gasteiger partial charge is 0.237 e. The predicted octanol–water partition coefficient (Wildman–Crippen LogP) is 4.33. The predicted molar refractivity (Wildman–Crippen MR) is 83.0 cm³/mol. The lowest BCUT2D eigenvalue weighted by Crippen LogP contribution is -1.86. The summed E-state index contributed by atoms with van der Waals surface area (Å²) in [5.41, 5.74) is 7.28. The van der Waals surface area contributed by atoms with Gasteiger partial charge in [0.15, 0.2) is 0 Å². The van der Waals surface area contributed by atoms with E-state index < -0.39 is 0 Å². The highest BCUT2D eigenvalue weighted by Gasteiger charge is 2.10. The van der Waals surface area contributed by atoms with Crippen LogP contribution < -0.4 is 5.73 Å². The summed E-state index contributed by atoms with van der Waals surface area (Å²) in [7, 11) is 0. The first-order valence-corrected chi connectivity index (χ1v) is 8.06. The minimum Gasteiger partial charge on any atom is -0.399 e. The van der Waals surface area contributed by atoms with Crippen LogP contribution in [0.3, 0.4) is 0 Å². The van der Waals surface area contributed by atoms with Gasteiger partial charge in [-0.3, -0.25) is 0 Å². The van der Waals surface area contributed by atoms with E-state index in [2.05, 4.69) is 10.1 Å². The van der Waals surface area contributed by atoms with E-state index in [9.17, 15) is 0 Å². The standard InChI is InChI=1S/C13H10ClN3OS2/c14-10-5-9(15)1-2-11(10)20-7-12-16-13(17-18-12)8-3-4-19-6-8/h1-6H,7,15H2. The van der Waals surface area contributed by atoms with Gasteiger partial charge in [0.2, 0.25) is 11.7 Å². The van der Waals surface area contributed by atoms with Crippen LogP contribution >= 0.6 is 34.7 Å². The van der Waals surface area contributed by atoms with E-state index in [1.807, 2.05) is 29.0 Å². The van der Waals surface area contributed by atoms with Crippen molar-refractivity contribution >= 4 is 40.4 Å². The van der Waals surface area contributed by atoms with Gasteiger partial charge in [-0.25, -0.2) is 0 Å². The largest absolute Gasteiger partial charge is 0.399 e. The Morgan fingerprint density at radius 2 is 2.25 bits per heavy atom. The van der Waals surface area contributed by atoms with Gasteiger partial charge < -0.3 is 10.3 Å². The van der Waals surface area contributed by atoms with Crippen LogP contribution in [0.15, 0.2) is 44.4 Å². The first-order chi connectivity index (χ1) is 9.72. The van der Waals surface area contributed by atoms with Crippen molar-refractivity contribution in [3.05, 3.63) is 45.9 Å². The van der Waals surface area contributed by atoms with Crippen LogP contribution in [0.4, 0.5) is 5.69 Å². The SMILES string of the molecule is Nc1ccc(SCc2nc(-c3ccsc3)no2)c(Cl)c1. The highest BCUT2D eigenvalue weighted by Crippen LogP contribution is 2.31. The molecule has 2 heterocycles. The molecule has 0 fully saturated rings. The van der Waals surface area contributed by atoms with E-state index in [1.54, 1.807) is 17.4 Å². The minimum atomic E-state index is 0.570. The number of hydrogen-bond acceptors (Lipinski definition) is 6. The Morgan fingerprint density at radius 3 is 3.00 bits per heavy atom. The summed E-state index contributed by atoms with van der Waals surface area (Å²) in [4.78, 5) is 5.30. The number of thioether (sulfide) groups is 1. The molecule has 0 spiro atoms. The quantitative estimate of drug-likeness (QED) is 0.572. The highest BCUT2D eigenvalue weighted by atomic mass is 35.5. The molecule has 0 bridgehead atoms. The second-order valence-electron chi connectivity index (χ2n) is 4.00. The lowest BCUT2D eigenvalue weighted by atomic mass is 10.3. The normalized spacial score (nSPS) is 10.8. The number of nitrogen functional groups attached to an aromatic ring is 1. The second kappa shape index (κ2) is 5.87. The summed E-state index contributed by atoms with van der Waals surface area (Å²) < 4.78 is 5.23. The Kier molecular flexibility index (Phi) is 3.95. The molecule has 0 radical (unpaired) electrons. The molecule has 1 aromatic carbocycles. The summed E-state index contributed by atoms with van der Waals surface area (Å²) in [5.74, 6) is 1.76. The fraction of sp³-hybridized carbons (Fsp3) is 0.0769. The van der Waals surface area contributed by atoms with Crippen molar-refractivity contribution in [2.24, 2.45) is 0 Å². The Bertz CT molecular complexity index is 712. The molecular formula is C13H10ClN3OS2. The molecule has 20 heavy (non-hydrogen) atoms. The third-order valence-electron chi connectivity index (χ3n) is 2.55. The van der Waals surface area contributed by atoms with Crippen LogP contribution in [0.1, 0.15) is 5.89 Å².